The van der Waals surface area contributed by atoms with Gasteiger partial charge in [0, 0.05) is 44.5 Å². The molecule has 0 unspecified atom stereocenters. The molecule has 2 heterocycles. The number of carbonyl (C=O) groups excluding carboxylic acids is 2. The van der Waals surface area contributed by atoms with Gasteiger partial charge >= 0.3 is 0 Å². The molecule has 0 aliphatic carbocycles. The fourth-order valence-corrected chi connectivity index (χ4v) is 3.33. The Morgan fingerprint density at radius 1 is 1.07 bits per heavy atom. The van der Waals surface area contributed by atoms with Crippen LogP contribution in [-0.2, 0) is 4.79 Å². The molecule has 2 aromatic rings. The lowest BCUT2D eigenvalue weighted by Gasteiger charge is -2.34. The summed E-state index contributed by atoms with van der Waals surface area (Å²) in [5.41, 5.74) is 2.97. The molecule has 1 aromatic heterocycles. The van der Waals surface area contributed by atoms with E-state index in [9.17, 15) is 9.59 Å². The Bertz CT molecular complexity index is 873. The van der Waals surface area contributed by atoms with Gasteiger partial charge in [-0.05, 0) is 30.5 Å². The Hall–Kier alpha value is -2.96. The van der Waals surface area contributed by atoms with Crippen molar-refractivity contribution in [3.63, 3.8) is 0 Å². The molecule has 3 rings (SSSR count). The third-order valence-corrected chi connectivity index (χ3v) is 4.91. The maximum atomic E-state index is 12.8. The normalized spacial score (nSPS) is 14.3. The van der Waals surface area contributed by atoms with Crippen LogP contribution in [0.15, 0.2) is 30.3 Å². The molecule has 7 heteroatoms. The van der Waals surface area contributed by atoms with E-state index in [4.69, 9.17) is 0 Å². The number of hydrogen-bond acceptors (Lipinski definition) is 5. The lowest BCUT2D eigenvalue weighted by Crippen LogP contribution is -2.48. The molecule has 2 amide bonds. The van der Waals surface area contributed by atoms with E-state index >= 15 is 0 Å². The molecular formula is C21H27N5O2. The fraction of sp³-hybridized carbons (Fsp3) is 0.429. The third kappa shape index (κ3) is 4.47. The van der Waals surface area contributed by atoms with Gasteiger partial charge in [0.1, 0.15) is 5.69 Å². The molecule has 1 aliphatic rings. The highest BCUT2D eigenvalue weighted by atomic mass is 16.2. The highest BCUT2D eigenvalue weighted by molar-refractivity contribution is 6.03. The molecule has 28 heavy (non-hydrogen) atoms. The van der Waals surface area contributed by atoms with Crippen molar-refractivity contribution >= 4 is 23.5 Å². The Balaban J connectivity index is 1.78. The SMILES string of the molecule is CC(=O)N1CCN(c2nc(C)cc(C(=O)Nc3ccccc3C(C)C)n2)CC1. The minimum Gasteiger partial charge on any atom is -0.339 e. The van der Waals surface area contributed by atoms with E-state index in [1.54, 1.807) is 13.0 Å². The molecule has 0 bridgehead atoms. The summed E-state index contributed by atoms with van der Waals surface area (Å²) in [6.07, 6.45) is 0. The molecular weight excluding hydrogens is 354 g/mol. The molecule has 1 fully saturated rings. The zero-order valence-electron chi connectivity index (χ0n) is 16.9. The molecule has 0 atom stereocenters. The van der Waals surface area contributed by atoms with E-state index in [1.807, 2.05) is 41.0 Å². The summed E-state index contributed by atoms with van der Waals surface area (Å²) in [7, 11) is 0. The van der Waals surface area contributed by atoms with Gasteiger partial charge in [0.25, 0.3) is 5.91 Å². The van der Waals surface area contributed by atoms with Gasteiger partial charge in [-0.15, -0.1) is 0 Å². The smallest absolute Gasteiger partial charge is 0.274 e. The lowest BCUT2D eigenvalue weighted by molar-refractivity contribution is -0.129. The Kier molecular flexibility index (Phi) is 5.92. The second-order valence-corrected chi connectivity index (χ2v) is 7.38. The number of piperazine rings is 1. The number of amides is 2. The van der Waals surface area contributed by atoms with Crippen LogP contribution in [0, 0.1) is 6.92 Å². The van der Waals surface area contributed by atoms with E-state index in [1.165, 1.54) is 0 Å². The van der Waals surface area contributed by atoms with Gasteiger partial charge in [-0.2, -0.15) is 0 Å². The first-order valence-corrected chi connectivity index (χ1v) is 9.61. The molecule has 7 nitrogen and oxygen atoms in total. The highest BCUT2D eigenvalue weighted by Gasteiger charge is 2.22. The molecule has 0 radical (unpaired) electrons. The number of nitrogens with one attached hydrogen (secondary N) is 1. The van der Waals surface area contributed by atoms with Crippen LogP contribution in [0.3, 0.4) is 0 Å². The topological polar surface area (TPSA) is 78.4 Å². The second-order valence-electron chi connectivity index (χ2n) is 7.38. The number of hydrogen-bond donors (Lipinski definition) is 1. The van der Waals surface area contributed by atoms with E-state index in [2.05, 4.69) is 29.1 Å². The van der Waals surface area contributed by atoms with Crippen LogP contribution in [0.4, 0.5) is 11.6 Å². The van der Waals surface area contributed by atoms with Crippen LogP contribution in [0.5, 0.6) is 0 Å². The van der Waals surface area contributed by atoms with Gasteiger partial charge in [-0.3, -0.25) is 9.59 Å². The summed E-state index contributed by atoms with van der Waals surface area (Å²) in [5, 5.41) is 2.99. The number of aryl methyl sites for hydroxylation is 1. The van der Waals surface area contributed by atoms with Gasteiger partial charge in [0.05, 0.1) is 0 Å². The summed E-state index contributed by atoms with van der Waals surface area (Å²) in [4.78, 5) is 37.2. The highest BCUT2D eigenvalue weighted by Crippen LogP contribution is 2.24. The van der Waals surface area contributed by atoms with E-state index in [0.29, 0.717) is 43.7 Å². The van der Waals surface area contributed by atoms with Crippen molar-refractivity contribution < 1.29 is 9.59 Å². The quantitative estimate of drug-likeness (QED) is 0.881. The van der Waals surface area contributed by atoms with E-state index in [-0.39, 0.29) is 11.8 Å². The minimum absolute atomic E-state index is 0.0775. The average Bonchev–Trinajstić information content (AvgIpc) is 2.67. The maximum Gasteiger partial charge on any atom is 0.274 e. The first-order valence-electron chi connectivity index (χ1n) is 9.61. The van der Waals surface area contributed by atoms with Crippen LogP contribution in [0.2, 0.25) is 0 Å². The number of carbonyl (C=O) groups is 2. The number of nitrogens with zero attached hydrogens (tertiary/aromatic N) is 4. The number of para-hydroxylation sites is 1. The third-order valence-electron chi connectivity index (χ3n) is 4.91. The standard InChI is InChI=1S/C21H27N5O2/c1-14(2)17-7-5-6-8-18(17)23-20(28)19-13-15(3)22-21(24-19)26-11-9-25(10-12-26)16(4)27/h5-8,13-14H,9-12H2,1-4H3,(H,23,28). The predicted molar refractivity (Wildman–Crippen MR) is 110 cm³/mol. The van der Waals surface area contributed by atoms with Crippen molar-refractivity contribution in [1.82, 2.24) is 14.9 Å². The van der Waals surface area contributed by atoms with Gasteiger partial charge in [0.15, 0.2) is 0 Å². The Labute approximate surface area is 165 Å². The molecule has 0 spiro atoms. The van der Waals surface area contributed by atoms with Crippen LogP contribution in [0.1, 0.15) is 48.4 Å². The minimum atomic E-state index is -0.248. The molecule has 1 aromatic carbocycles. The van der Waals surface area contributed by atoms with Crippen molar-refractivity contribution in [2.24, 2.45) is 0 Å². The van der Waals surface area contributed by atoms with Crippen molar-refractivity contribution in [3.8, 4) is 0 Å². The van der Waals surface area contributed by atoms with Gasteiger partial charge in [-0.25, -0.2) is 9.97 Å². The largest absolute Gasteiger partial charge is 0.339 e. The van der Waals surface area contributed by atoms with Crippen molar-refractivity contribution in [2.45, 2.75) is 33.6 Å². The van der Waals surface area contributed by atoms with Gasteiger partial charge < -0.3 is 15.1 Å². The number of rotatable bonds is 4. The van der Waals surface area contributed by atoms with Crippen LogP contribution < -0.4 is 10.2 Å². The number of aromatic nitrogens is 2. The summed E-state index contributed by atoms with van der Waals surface area (Å²) < 4.78 is 0. The zero-order chi connectivity index (χ0) is 20.3. The van der Waals surface area contributed by atoms with Crippen molar-refractivity contribution in [1.29, 1.82) is 0 Å². The lowest BCUT2D eigenvalue weighted by atomic mass is 10.0. The van der Waals surface area contributed by atoms with Crippen molar-refractivity contribution in [2.75, 3.05) is 36.4 Å². The Morgan fingerprint density at radius 2 is 1.75 bits per heavy atom. The number of anilines is 2. The van der Waals surface area contributed by atoms with Gasteiger partial charge in [0.2, 0.25) is 11.9 Å². The zero-order valence-corrected chi connectivity index (χ0v) is 16.9. The van der Waals surface area contributed by atoms with Crippen LogP contribution in [-0.4, -0.2) is 52.9 Å². The fourth-order valence-electron chi connectivity index (χ4n) is 3.33. The second kappa shape index (κ2) is 8.37. The predicted octanol–water partition coefficient (Wildman–Crippen LogP) is 2.83. The summed E-state index contributed by atoms with van der Waals surface area (Å²) >= 11 is 0. The van der Waals surface area contributed by atoms with Crippen LogP contribution in [0.25, 0.3) is 0 Å². The van der Waals surface area contributed by atoms with E-state index in [0.717, 1.165) is 16.9 Å². The summed E-state index contributed by atoms with van der Waals surface area (Å²) in [6.45, 7) is 10.2. The molecule has 1 N–H and O–H groups in total. The van der Waals surface area contributed by atoms with Crippen molar-refractivity contribution in [3.05, 3.63) is 47.3 Å². The first-order chi connectivity index (χ1) is 13.3. The molecule has 1 aliphatic heterocycles. The molecule has 148 valence electrons. The van der Waals surface area contributed by atoms with Crippen LogP contribution >= 0.6 is 0 Å². The maximum absolute atomic E-state index is 12.8. The summed E-state index contributed by atoms with van der Waals surface area (Å²) in [6, 6.07) is 9.50. The number of benzene rings is 1. The molecule has 0 saturated carbocycles. The van der Waals surface area contributed by atoms with E-state index < -0.39 is 0 Å². The average molecular weight is 381 g/mol. The Morgan fingerprint density at radius 3 is 2.39 bits per heavy atom. The first kappa shape index (κ1) is 19.8. The van der Waals surface area contributed by atoms with Gasteiger partial charge in [-0.1, -0.05) is 32.0 Å². The molecule has 1 saturated heterocycles. The summed E-state index contributed by atoms with van der Waals surface area (Å²) in [5.74, 6) is 0.665. The monoisotopic (exact) mass is 381 g/mol.